The number of ether oxygens (including phenoxy) is 1. The van der Waals surface area contributed by atoms with Gasteiger partial charge in [-0.15, -0.1) is 10.2 Å². The SMILES string of the molecule is CCc1nnc(NC(=O)NC(=O)COCC(=O)O)s1. The van der Waals surface area contributed by atoms with Gasteiger partial charge in [0.25, 0.3) is 5.91 Å². The molecule has 104 valence electrons. The predicted octanol–water partition coefficient (Wildman–Crippen LogP) is -0.150. The van der Waals surface area contributed by atoms with Gasteiger partial charge in [-0.25, -0.2) is 9.59 Å². The summed E-state index contributed by atoms with van der Waals surface area (Å²) in [5.74, 6) is -1.95. The Morgan fingerprint density at radius 2 is 2.05 bits per heavy atom. The zero-order valence-electron chi connectivity index (χ0n) is 10.0. The lowest BCUT2D eigenvalue weighted by molar-refractivity contribution is -0.143. The van der Waals surface area contributed by atoms with Crippen molar-refractivity contribution in [2.45, 2.75) is 13.3 Å². The predicted molar refractivity (Wildman–Crippen MR) is 64.9 cm³/mol. The monoisotopic (exact) mass is 288 g/mol. The van der Waals surface area contributed by atoms with Crippen LogP contribution in [0.15, 0.2) is 0 Å². The molecule has 0 unspecified atom stereocenters. The lowest BCUT2D eigenvalue weighted by atomic mass is 10.5. The van der Waals surface area contributed by atoms with Crippen molar-refractivity contribution < 1.29 is 24.2 Å². The number of rotatable bonds is 6. The third kappa shape index (κ3) is 5.88. The first-order valence-electron chi connectivity index (χ1n) is 5.24. The second-order valence-electron chi connectivity index (χ2n) is 3.24. The van der Waals surface area contributed by atoms with E-state index >= 15 is 0 Å². The van der Waals surface area contributed by atoms with Crippen LogP contribution < -0.4 is 10.6 Å². The molecule has 0 atom stereocenters. The molecule has 0 spiro atoms. The van der Waals surface area contributed by atoms with E-state index in [9.17, 15) is 14.4 Å². The molecule has 3 amide bonds. The summed E-state index contributed by atoms with van der Waals surface area (Å²) >= 11 is 1.20. The number of carboxylic acids is 1. The van der Waals surface area contributed by atoms with Gasteiger partial charge < -0.3 is 9.84 Å². The average molecular weight is 288 g/mol. The average Bonchev–Trinajstić information content (AvgIpc) is 2.75. The number of aliphatic carboxylic acids is 1. The van der Waals surface area contributed by atoms with Gasteiger partial charge in [-0.1, -0.05) is 18.3 Å². The van der Waals surface area contributed by atoms with E-state index in [1.54, 1.807) is 0 Å². The van der Waals surface area contributed by atoms with E-state index in [0.29, 0.717) is 6.42 Å². The Morgan fingerprint density at radius 3 is 2.63 bits per heavy atom. The van der Waals surface area contributed by atoms with Gasteiger partial charge in [0.2, 0.25) is 5.13 Å². The molecule has 0 aliphatic carbocycles. The standard InChI is InChI=1S/C9H12N4O5S/c1-2-6-12-13-9(19-6)11-8(17)10-5(14)3-18-4-7(15)16/h2-4H2,1H3,(H,15,16)(H2,10,11,13,14,17). The van der Waals surface area contributed by atoms with Crippen molar-refractivity contribution in [2.75, 3.05) is 18.5 Å². The molecule has 10 heteroatoms. The fourth-order valence-corrected chi connectivity index (χ4v) is 1.64. The Hall–Kier alpha value is -2.07. The minimum Gasteiger partial charge on any atom is -0.480 e. The van der Waals surface area contributed by atoms with Crippen LogP contribution in [0.4, 0.5) is 9.93 Å². The molecule has 0 aliphatic rings. The Bertz CT molecular complexity index is 475. The summed E-state index contributed by atoms with van der Waals surface area (Å²) in [6, 6.07) is -0.775. The number of nitrogens with one attached hydrogen (secondary N) is 2. The van der Waals surface area contributed by atoms with Crippen LogP contribution in [-0.2, 0) is 20.7 Å². The summed E-state index contributed by atoms with van der Waals surface area (Å²) in [6.45, 7) is 0.773. The summed E-state index contributed by atoms with van der Waals surface area (Å²) < 4.78 is 4.51. The van der Waals surface area contributed by atoms with Crippen LogP contribution in [-0.4, -0.2) is 46.4 Å². The molecule has 1 aromatic rings. The van der Waals surface area contributed by atoms with Gasteiger partial charge in [0.05, 0.1) is 0 Å². The molecular formula is C9H12N4O5S. The van der Waals surface area contributed by atoms with E-state index in [1.165, 1.54) is 11.3 Å². The van der Waals surface area contributed by atoms with Crippen LogP contribution in [0, 0.1) is 0 Å². The second-order valence-corrected chi connectivity index (χ2v) is 4.31. The second kappa shape index (κ2) is 7.38. The van der Waals surface area contributed by atoms with E-state index in [0.717, 1.165) is 5.01 Å². The molecule has 3 N–H and O–H groups in total. The summed E-state index contributed by atoms with van der Waals surface area (Å²) in [6.07, 6.45) is 0.697. The van der Waals surface area contributed by atoms with Gasteiger partial charge in [0.1, 0.15) is 18.2 Å². The number of amides is 3. The Kier molecular flexibility index (Phi) is 5.82. The van der Waals surface area contributed by atoms with Gasteiger partial charge in [0, 0.05) is 0 Å². The number of anilines is 1. The first-order chi connectivity index (χ1) is 9.01. The maximum absolute atomic E-state index is 11.3. The molecule has 19 heavy (non-hydrogen) atoms. The third-order valence-electron chi connectivity index (χ3n) is 1.70. The molecule has 0 aromatic carbocycles. The highest BCUT2D eigenvalue weighted by Crippen LogP contribution is 2.14. The van der Waals surface area contributed by atoms with Crippen LogP contribution in [0.3, 0.4) is 0 Å². The largest absolute Gasteiger partial charge is 0.480 e. The first kappa shape index (κ1) is 15.0. The van der Waals surface area contributed by atoms with Crippen molar-refractivity contribution in [3.05, 3.63) is 5.01 Å². The maximum atomic E-state index is 11.3. The fraction of sp³-hybridized carbons (Fsp3) is 0.444. The summed E-state index contributed by atoms with van der Waals surface area (Å²) in [4.78, 5) is 32.6. The number of carbonyl (C=O) groups excluding carboxylic acids is 2. The fourth-order valence-electron chi connectivity index (χ4n) is 0.969. The molecule has 1 aromatic heterocycles. The van der Waals surface area contributed by atoms with Gasteiger partial charge in [0.15, 0.2) is 0 Å². The molecule has 1 rings (SSSR count). The number of urea groups is 1. The highest BCUT2D eigenvalue weighted by molar-refractivity contribution is 7.15. The molecule has 9 nitrogen and oxygen atoms in total. The smallest absolute Gasteiger partial charge is 0.329 e. The number of nitrogens with zero attached hydrogens (tertiary/aromatic N) is 2. The third-order valence-corrected chi connectivity index (χ3v) is 2.68. The van der Waals surface area contributed by atoms with E-state index in [2.05, 4.69) is 20.3 Å². The van der Waals surface area contributed by atoms with Crippen LogP contribution in [0.1, 0.15) is 11.9 Å². The quantitative estimate of drug-likeness (QED) is 0.663. The maximum Gasteiger partial charge on any atom is 0.329 e. The molecule has 0 fully saturated rings. The number of imide groups is 1. The number of carbonyl (C=O) groups is 3. The van der Waals surface area contributed by atoms with Gasteiger partial charge >= 0.3 is 12.0 Å². The van der Waals surface area contributed by atoms with Crippen molar-refractivity contribution in [3.8, 4) is 0 Å². The van der Waals surface area contributed by atoms with Crippen molar-refractivity contribution in [3.63, 3.8) is 0 Å². The van der Waals surface area contributed by atoms with E-state index in [-0.39, 0.29) is 5.13 Å². The molecule has 0 saturated carbocycles. The normalized spacial score (nSPS) is 9.95. The zero-order chi connectivity index (χ0) is 14.3. The van der Waals surface area contributed by atoms with E-state index < -0.39 is 31.1 Å². The topological polar surface area (TPSA) is 131 Å². The minimum absolute atomic E-state index is 0.272. The number of aryl methyl sites for hydroxylation is 1. The lowest BCUT2D eigenvalue weighted by Crippen LogP contribution is -2.37. The molecule has 0 saturated heterocycles. The number of hydrogen-bond acceptors (Lipinski definition) is 7. The number of carboxylic acid groups (broad SMARTS) is 1. The molecule has 1 heterocycles. The molecule has 0 bridgehead atoms. The number of aromatic nitrogens is 2. The highest BCUT2D eigenvalue weighted by atomic mass is 32.1. The Morgan fingerprint density at radius 1 is 1.32 bits per heavy atom. The van der Waals surface area contributed by atoms with Crippen LogP contribution in [0.2, 0.25) is 0 Å². The van der Waals surface area contributed by atoms with Crippen molar-refractivity contribution in [1.82, 2.24) is 15.5 Å². The van der Waals surface area contributed by atoms with E-state index in [1.807, 2.05) is 12.2 Å². The molecular weight excluding hydrogens is 276 g/mol. The number of hydrogen-bond donors (Lipinski definition) is 3. The Labute approximate surface area is 112 Å². The van der Waals surface area contributed by atoms with Gasteiger partial charge in [-0.05, 0) is 6.42 Å². The first-order valence-corrected chi connectivity index (χ1v) is 6.05. The molecule has 0 radical (unpaired) electrons. The highest BCUT2D eigenvalue weighted by Gasteiger charge is 2.11. The van der Waals surface area contributed by atoms with Crippen LogP contribution >= 0.6 is 11.3 Å². The Balaban J connectivity index is 2.30. The van der Waals surface area contributed by atoms with E-state index in [4.69, 9.17) is 5.11 Å². The zero-order valence-corrected chi connectivity index (χ0v) is 10.8. The van der Waals surface area contributed by atoms with Crippen molar-refractivity contribution in [1.29, 1.82) is 0 Å². The summed E-state index contributed by atoms with van der Waals surface area (Å²) in [7, 11) is 0. The van der Waals surface area contributed by atoms with Crippen molar-refractivity contribution >= 4 is 34.4 Å². The molecule has 0 aliphatic heterocycles. The van der Waals surface area contributed by atoms with Gasteiger partial charge in [-0.3, -0.25) is 15.4 Å². The van der Waals surface area contributed by atoms with Crippen molar-refractivity contribution in [2.24, 2.45) is 0 Å². The minimum atomic E-state index is -1.20. The van der Waals surface area contributed by atoms with Crippen LogP contribution in [0.5, 0.6) is 0 Å². The summed E-state index contributed by atoms with van der Waals surface area (Å²) in [5.41, 5.74) is 0. The lowest BCUT2D eigenvalue weighted by Gasteiger charge is -2.03. The van der Waals surface area contributed by atoms with Crippen LogP contribution in [0.25, 0.3) is 0 Å². The van der Waals surface area contributed by atoms with Gasteiger partial charge in [-0.2, -0.15) is 0 Å². The summed E-state index contributed by atoms with van der Waals surface area (Å²) in [5, 5.41) is 21.1.